The van der Waals surface area contributed by atoms with Gasteiger partial charge in [-0.1, -0.05) is 54.6 Å². The molecule has 0 fully saturated rings. The molecule has 28 heavy (non-hydrogen) atoms. The van der Waals surface area contributed by atoms with Gasteiger partial charge in [0, 0.05) is 18.0 Å². The van der Waals surface area contributed by atoms with Crippen LogP contribution in [-0.4, -0.2) is 23.1 Å². The van der Waals surface area contributed by atoms with Crippen LogP contribution >= 0.6 is 0 Å². The van der Waals surface area contributed by atoms with Crippen molar-refractivity contribution in [1.82, 2.24) is 4.57 Å². The van der Waals surface area contributed by atoms with Gasteiger partial charge in [0.25, 0.3) is 11.5 Å². The molecule has 0 saturated heterocycles. The predicted molar refractivity (Wildman–Crippen MR) is 106 cm³/mol. The topological polar surface area (TPSA) is 77.4 Å². The van der Waals surface area contributed by atoms with Gasteiger partial charge in [-0.2, -0.15) is 0 Å². The monoisotopic (exact) mass is 376 g/mol. The highest BCUT2D eigenvalue weighted by Gasteiger charge is 2.11. The lowest BCUT2D eigenvalue weighted by Crippen LogP contribution is -2.27. The van der Waals surface area contributed by atoms with E-state index in [1.807, 2.05) is 54.6 Å². The lowest BCUT2D eigenvalue weighted by atomic mass is 10.0. The predicted octanol–water partition coefficient (Wildman–Crippen LogP) is 2.62. The molecule has 1 amide bonds. The molecule has 0 radical (unpaired) electrons. The molecule has 0 unspecified atom stereocenters. The molecule has 0 saturated carbocycles. The Morgan fingerprint density at radius 2 is 1.61 bits per heavy atom. The third-order valence-electron chi connectivity index (χ3n) is 4.09. The average molecular weight is 376 g/mol. The molecule has 1 N–H and O–H groups in total. The van der Waals surface area contributed by atoms with Gasteiger partial charge in [0.05, 0.1) is 0 Å². The lowest BCUT2D eigenvalue weighted by Gasteiger charge is -2.12. The maximum Gasteiger partial charge on any atom is 0.326 e. The third-order valence-corrected chi connectivity index (χ3v) is 4.09. The van der Waals surface area contributed by atoms with Crippen LogP contribution in [0.15, 0.2) is 83.8 Å². The van der Waals surface area contributed by atoms with Crippen molar-refractivity contribution < 1.29 is 14.3 Å². The van der Waals surface area contributed by atoms with E-state index in [0.29, 0.717) is 12.1 Å². The van der Waals surface area contributed by atoms with Crippen molar-refractivity contribution in [2.45, 2.75) is 13.0 Å². The molecule has 0 aliphatic rings. The van der Waals surface area contributed by atoms with Gasteiger partial charge >= 0.3 is 5.97 Å². The van der Waals surface area contributed by atoms with E-state index >= 15 is 0 Å². The van der Waals surface area contributed by atoms with Gasteiger partial charge in [0.1, 0.15) is 6.54 Å². The summed E-state index contributed by atoms with van der Waals surface area (Å²) in [5.41, 5.74) is 2.46. The summed E-state index contributed by atoms with van der Waals surface area (Å²) >= 11 is 0. The van der Waals surface area contributed by atoms with Crippen LogP contribution in [0, 0.1) is 0 Å². The van der Waals surface area contributed by atoms with Crippen molar-refractivity contribution in [3.63, 3.8) is 0 Å². The summed E-state index contributed by atoms with van der Waals surface area (Å²) in [5, 5.41) is 2.78. The Morgan fingerprint density at radius 3 is 2.39 bits per heavy atom. The number of hydrogen-bond donors (Lipinski definition) is 1. The number of esters is 1. The van der Waals surface area contributed by atoms with Crippen LogP contribution in [0.2, 0.25) is 0 Å². The van der Waals surface area contributed by atoms with Gasteiger partial charge in [-0.15, -0.1) is 0 Å². The van der Waals surface area contributed by atoms with E-state index in [1.165, 1.54) is 16.8 Å². The van der Waals surface area contributed by atoms with E-state index in [-0.39, 0.29) is 12.1 Å². The van der Waals surface area contributed by atoms with Gasteiger partial charge in [0.15, 0.2) is 6.61 Å². The molecule has 1 heterocycles. The van der Waals surface area contributed by atoms with Gasteiger partial charge < -0.3 is 14.6 Å². The number of amides is 1. The van der Waals surface area contributed by atoms with Crippen LogP contribution in [0.5, 0.6) is 0 Å². The lowest BCUT2D eigenvalue weighted by molar-refractivity contribution is -0.147. The fraction of sp³-hybridized carbons (Fsp3) is 0.136. The molecular weight excluding hydrogens is 356 g/mol. The number of aromatic nitrogens is 1. The number of pyridine rings is 1. The second-order valence-corrected chi connectivity index (χ2v) is 6.20. The number of nitrogens with one attached hydrogen (secondary N) is 1. The summed E-state index contributed by atoms with van der Waals surface area (Å²) < 4.78 is 6.20. The van der Waals surface area contributed by atoms with Crippen LogP contribution in [0.25, 0.3) is 0 Å². The molecule has 0 spiro atoms. The number of carbonyl (C=O) groups excluding carboxylic acids is 2. The number of rotatable bonds is 7. The first-order valence-corrected chi connectivity index (χ1v) is 8.84. The number of nitrogens with zero attached hydrogens (tertiary/aromatic N) is 1. The first kappa shape index (κ1) is 19.1. The summed E-state index contributed by atoms with van der Waals surface area (Å²) in [7, 11) is 0. The van der Waals surface area contributed by atoms with Gasteiger partial charge in [-0.25, -0.2) is 0 Å². The maximum absolute atomic E-state index is 12.2. The van der Waals surface area contributed by atoms with E-state index in [9.17, 15) is 14.4 Å². The molecule has 142 valence electrons. The minimum atomic E-state index is -0.652. The van der Waals surface area contributed by atoms with Crippen molar-refractivity contribution in [2.24, 2.45) is 0 Å². The first-order chi connectivity index (χ1) is 13.6. The fourth-order valence-corrected chi connectivity index (χ4v) is 2.72. The molecule has 3 rings (SSSR count). The number of anilines is 1. The average Bonchev–Trinajstić information content (AvgIpc) is 2.70. The van der Waals surface area contributed by atoms with Crippen molar-refractivity contribution in [2.75, 3.05) is 11.9 Å². The van der Waals surface area contributed by atoms with E-state index in [0.717, 1.165) is 11.1 Å². The molecule has 0 aliphatic carbocycles. The zero-order valence-corrected chi connectivity index (χ0v) is 15.2. The summed E-state index contributed by atoms with van der Waals surface area (Å²) in [6.45, 7) is -0.655. The Labute approximate surface area is 162 Å². The maximum atomic E-state index is 12.2. The standard InChI is InChI=1S/C22H20N2O4/c25-20(16-28-22(27)15-24-13-7-6-12-21(24)26)23-19-11-5-4-10-18(19)14-17-8-2-1-3-9-17/h1-13H,14-16H2,(H,23,25). The summed E-state index contributed by atoms with van der Waals surface area (Å²) in [6.07, 6.45) is 2.16. The van der Waals surface area contributed by atoms with Gasteiger partial charge in [-0.3, -0.25) is 14.4 Å². The second kappa shape index (κ2) is 9.32. The Bertz CT molecular complexity index is 1010. The molecule has 0 bridgehead atoms. The molecule has 1 aromatic heterocycles. The minimum Gasteiger partial charge on any atom is -0.454 e. The number of carbonyl (C=O) groups is 2. The van der Waals surface area contributed by atoms with E-state index < -0.39 is 18.5 Å². The summed E-state index contributed by atoms with van der Waals surface area (Å²) in [4.78, 5) is 35.6. The van der Waals surface area contributed by atoms with Crippen LogP contribution < -0.4 is 10.9 Å². The van der Waals surface area contributed by atoms with Crippen molar-refractivity contribution in [3.8, 4) is 0 Å². The SMILES string of the molecule is O=C(COC(=O)Cn1ccccc1=O)Nc1ccccc1Cc1ccccc1. The highest BCUT2D eigenvalue weighted by atomic mass is 16.5. The van der Waals surface area contributed by atoms with E-state index in [1.54, 1.807) is 12.1 Å². The minimum absolute atomic E-state index is 0.239. The number of benzene rings is 2. The Morgan fingerprint density at radius 1 is 0.893 bits per heavy atom. The quantitative estimate of drug-likeness (QED) is 0.643. The van der Waals surface area contributed by atoms with Crippen LogP contribution in [-0.2, 0) is 27.3 Å². The molecular formula is C22H20N2O4. The highest BCUT2D eigenvalue weighted by molar-refractivity contribution is 5.93. The Hall–Kier alpha value is -3.67. The summed E-state index contributed by atoms with van der Waals surface area (Å²) in [5.74, 6) is -1.09. The Balaban J connectivity index is 1.56. The molecule has 2 aromatic carbocycles. The van der Waals surface area contributed by atoms with Crippen LogP contribution in [0.3, 0.4) is 0 Å². The van der Waals surface area contributed by atoms with Crippen LogP contribution in [0.1, 0.15) is 11.1 Å². The molecule has 0 atom stereocenters. The van der Waals surface area contributed by atoms with E-state index in [4.69, 9.17) is 4.74 Å². The molecule has 6 nitrogen and oxygen atoms in total. The normalized spacial score (nSPS) is 10.3. The number of hydrogen-bond acceptors (Lipinski definition) is 4. The fourth-order valence-electron chi connectivity index (χ4n) is 2.72. The zero-order valence-electron chi connectivity index (χ0n) is 15.2. The Kier molecular flexibility index (Phi) is 6.36. The highest BCUT2D eigenvalue weighted by Crippen LogP contribution is 2.19. The van der Waals surface area contributed by atoms with Gasteiger partial charge in [0.2, 0.25) is 0 Å². The van der Waals surface area contributed by atoms with Crippen molar-refractivity contribution in [3.05, 3.63) is 100 Å². The molecule has 3 aromatic rings. The molecule has 0 aliphatic heterocycles. The van der Waals surface area contributed by atoms with Crippen molar-refractivity contribution >= 4 is 17.6 Å². The number of ether oxygens (including phenoxy) is 1. The smallest absolute Gasteiger partial charge is 0.326 e. The zero-order chi connectivity index (χ0) is 19.8. The van der Waals surface area contributed by atoms with Crippen molar-refractivity contribution in [1.29, 1.82) is 0 Å². The van der Waals surface area contributed by atoms with Gasteiger partial charge in [-0.05, 0) is 29.7 Å². The second-order valence-electron chi connectivity index (χ2n) is 6.20. The number of para-hydroxylation sites is 1. The largest absolute Gasteiger partial charge is 0.454 e. The molecule has 6 heteroatoms. The van der Waals surface area contributed by atoms with E-state index in [2.05, 4.69) is 5.32 Å². The first-order valence-electron chi connectivity index (χ1n) is 8.84. The summed E-state index contributed by atoms with van der Waals surface area (Å²) in [6, 6.07) is 22.0. The third kappa shape index (κ3) is 5.41. The van der Waals surface area contributed by atoms with Crippen LogP contribution in [0.4, 0.5) is 5.69 Å².